The first kappa shape index (κ1) is 14.4. The van der Waals surface area contributed by atoms with Gasteiger partial charge in [-0.05, 0) is 29.8 Å². The highest BCUT2D eigenvalue weighted by Gasteiger charge is 2.13. The summed E-state index contributed by atoms with van der Waals surface area (Å²) in [7, 11) is -3.35. The van der Waals surface area contributed by atoms with E-state index in [0.29, 0.717) is 12.4 Å². The van der Waals surface area contributed by atoms with E-state index in [1.54, 1.807) is 6.07 Å². The van der Waals surface area contributed by atoms with Crippen LogP contribution in [0.25, 0.3) is 0 Å². The second kappa shape index (κ2) is 5.68. The average Bonchev–Trinajstić information content (AvgIpc) is 2.92. The lowest BCUT2D eigenvalue weighted by Crippen LogP contribution is -2.11. The van der Waals surface area contributed by atoms with Crippen molar-refractivity contribution < 1.29 is 17.9 Å². The minimum Gasteiger partial charge on any atom is -0.454 e. The molecule has 0 spiro atoms. The van der Waals surface area contributed by atoms with Gasteiger partial charge in [0, 0.05) is 6.54 Å². The summed E-state index contributed by atoms with van der Waals surface area (Å²) in [5, 5.41) is 10.8. The maximum absolute atomic E-state index is 11.1. The average molecular weight is 322 g/mol. The molecule has 0 amide bonds. The number of hydrogen-bond donors (Lipinski definition) is 2. The zero-order chi connectivity index (χ0) is 15.6. The lowest BCUT2D eigenvalue weighted by atomic mass is 10.2. The van der Waals surface area contributed by atoms with Crippen LogP contribution in [0.1, 0.15) is 5.56 Å². The normalized spacial score (nSPS) is 13.0. The van der Waals surface area contributed by atoms with Gasteiger partial charge in [0.15, 0.2) is 17.3 Å². The van der Waals surface area contributed by atoms with Crippen molar-refractivity contribution >= 4 is 21.7 Å². The third-order valence-corrected chi connectivity index (χ3v) is 3.45. The lowest BCUT2D eigenvalue weighted by molar-refractivity contribution is 0.174. The summed E-state index contributed by atoms with van der Waals surface area (Å²) in [6, 6.07) is 8.85. The molecule has 2 N–H and O–H groups in total. The van der Waals surface area contributed by atoms with Crippen LogP contribution in [0, 0.1) is 0 Å². The number of ether oxygens (including phenoxy) is 2. The van der Waals surface area contributed by atoms with Crippen molar-refractivity contribution in [1.29, 1.82) is 0 Å². The van der Waals surface area contributed by atoms with Crippen molar-refractivity contribution in [3.05, 3.63) is 35.9 Å². The number of anilines is 2. The molecule has 0 saturated carbocycles. The van der Waals surface area contributed by atoms with Crippen LogP contribution in [0.2, 0.25) is 0 Å². The molecule has 1 aromatic carbocycles. The monoisotopic (exact) mass is 322 g/mol. The van der Waals surface area contributed by atoms with Gasteiger partial charge in [-0.15, -0.1) is 10.2 Å². The highest BCUT2D eigenvalue weighted by molar-refractivity contribution is 7.92. The molecule has 3 rings (SSSR count). The number of nitrogens with one attached hydrogen (secondary N) is 2. The van der Waals surface area contributed by atoms with Crippen molar-refractivity contribution in [1.82, 2.24) is 10.2 Å². The van der Waals surface area contributed by atoms with E-state index < -0.39 is 10.0 Å². The number of fused-ring (bicyclic) bond motifs is 1. The molecule has 8 nitrogen and oxygen atoms in total. The van der Waals surface area contributed by atoms with Gasteiger partial charge in [0.05, 0.1) is 6.26 Å². The van der Waals surface area contributed by atoms with E-state index in [4.69, 9.17) is 9.47 Å². The van der Waals surface area contributed by atoms with E-state index in [-0.39, 0.29) is 12.6 Å². The minimum absolute atomic E-state index is 0.177. The van der Waals surface area contributed by atoms with E-state index in [2.05, 4.69) is 20.2 Å². The third kappa shape index (κ3) is 3.55. The summed E-state index contributed by atoms with van der Waals surface area (Å²) in [5.41, 5.74) is 1.00. The fraction of sp³-hybridized carbons (Fsp3) is 0.231. The van der Waals surface area contributed by atoms with Crippen LogP contribution in [0.3, 0.4) is 0 Å². The van der Waals surface area contributed by atoms with Gasteiger partial charge in [0.2, 0.25) is 16.8 Å². The molecule has 116 valence electrons. The van der Waals surface area contributed by atoms with Crippen LogP contribution in [0.15, 0.2) is 30.3 Å². The van der Waals surface area contributed by atoms with Crippen LogP contribution in [0.4, 0.5) is 11.6 Å². The zero-order valence-electron chi connectivity index (χ0n) is 11.7. The van der Waals surface area contributed by atoms with Crippen molar-refractivity contribution in [3.63, 3.8) is 0 Å². The van der Waals surface area contributed by atoms with Crippen LogP contribution in [-0.4, -0.2) is 31.7 Å². The molecule has 1 aliphatic heterocycles. The molecule has 0 aliphatic carbocycles. The summed E-state index contributed by atoms with van der Waals surface area (Å²) in [4.78, 5) is 0. The molecule has 0 fully saturated rings. The lowest BCUT2D eigenvalue weighted by Gasteiger charge is -2.07. The number of benzene rings is 1. The Hall–Kier alpha value is -2.55. The second-order valence-electron chi connectivity index (χ2n) is 4.72. The predicted octanol–water partition coefficient (Wildman–Crippen LogP) is 1.19. The molecule has 2 aromatic rings. The van der Waals surface area contributed by atoms with E-state index in [1.807, 2.05) is 18.2 Å². The van der Waals surface area contributed by atoms with Crippen molar-refractivity contribution in [2.75, 3.05) is 23.1 Å². The Morgan fingerprint density at radius 1 is 1.09 bits per heavy atom. The Labute approximate surface area is 127 Å². The number of sulfonamides is 1. The van der Waals surface area contributed by atoms with Crippen LogP contribution < -0.4 is 19.5 Å². The van der Waals surface area contributed by atoms with Gasteiger partial charge in [0.25, 0.3) is 0 Å². The van der Waals surface area contributed by atoms with Crippen molar-refractivity contribution in [2.45, 2.75) is 6.54 Å². The summed E-state index contributed by atoms with van der Waals surface area (Å²) >= 11 is 0. The fourth-order valence-corrected chi connectivity index (χ4v) is 2.40. The zero-order valence-corrected chi connectivity index (χ0v) is 12.6. The minimum atomic E-state index is -3.35. The van der Waals surface area contributed by atoms with E-state index in [0.717, 1.165) is 23.3 Å². The summed E-state index contributed by atoms with van der Waals surface area (Å²) in [6.07, 6.45) is 1.06. The highest BCUT2D eigenvalue weighted by Crippen LogP contribution is 2.32. The Bertz CT molecular complexity index is 777. The van der Waals surface area contributed by atoms with Crippen molar-refractivity contribution in [3.8, 4) is 11.5 Å². The second-order valence-corrected chi connectivity index (χ2v) is 6.47. The Balaban J connectivity index is 1.62. The predicted molar refractivity (Wildman–Crippen MR) is 80.4 cm³/mol. The molecule has 0 saturated heterocycles. The molecular formula is C13H14N4O4S. The van der Waals surface area contributed by atoms with Gasteiger partial charge in [-0.2, -0.15) is 0 Å². The molecule has 22 heavy (non-hydrogen) atoms. The molecule has 0 atom stereocenters. The maximum atomic E-state index is 11.1. The topological polar surface area (TPSA) is 102 Å². The standard InChI is InChI=1S/C13H14N4O4S/c1-22(18,19)17-13-5-4-12(15-16-13)14-7-9-2-3-10-11(6-9)21-8-20-10/h2-6H,7-8H2,1H3,(H,14,15)(H,16,17). The Kier molecular flexibility index (Phi) is 3.72. The number of hydrogen-bond acceptors (Lipinski definition) is 7. The first-order chi connectivity index (χ1) is 10.5. The summed E-state index contributed by atoms with van der Waals surface area (Å²) < 4.78 is 35.0. The van der Waals surface area contributed by atoms with Crippen LogP contribution in [0.5, 0.6) is 11.5 Å². The molecule has 9 heteroatoms. The number of nitrogens with zero attached hydrogens (tertiary/aromatic N) is 2. The molecular weight excluding hydrogens is 308 g/mol. The molecule has 0 unspecified atom stereocenters. The SMILES string of the molecule is CS(=O)(=O)Nc1ccc(NCc2ccc3c(c2)OCO3)nn1. The summed E-state index contributed by atoms with van der Waals surface area (Å²) in [6.45, 7) is 0.774. The van der Waals surface area contributed by atoms with Crippen LogP contribution in [-0.2, 0) is 16.6 Å². The first-order valence-electron chi connectivity index (χ1n) is 6.43. The number of rotatable bonds is 5. The van der Waals surface area contributed by atoms with Gasteiger partial charge in [0.1, 0.15) is 5.82 Å². The number of aromatic nitrogens is 2. The Morgan fingerprint density at radius 2 is 1.82 bits per heavy atom. The molecule has 1 aliphatic rings. The maximum Gasteiger partial charge on any atom is 0.231 e. The largest absolute Gasteiger partial charge is 0.454 e. The molecule has 0 radical (unpaired) electrons. The van der Waals surface area contributed by atoms with Gasteiger partial charge in [-0.3, -0.25) is 4.72 Å². The Morgan fingerprint density at radius 3 is 2.55 bits per heavy atom. The fourth-order valence-electron chi connectivity index (χ4n) is 1.91. The molecule has 1 aromatic heterocycles. The summed E-state index contributed by atoms with van der Waals surface area (Å²) in [5.74, 6) is 2.17. The van der Waals surface area contributed by atoms with Crippen LogP contribution >= 0.6 is 0 Å². The molecule has 2 heterocycles. The van der Waals surface area contributed by atoms with Gasteiger partial charge >= 0.3 is 0 Å². The van der Waals surface area contributed by atoms with E-state index >= 15 is 0 Å². The van der Waals surface area contributed by atoms with Gasteiger partial charge in [-0.25, -0.2) is 8.42 Å². The smallest absolute Gasteiger partial charge is 0.231 e. The van der Waals surface area contributed by atoms with Gasteiger partial charge in [-0.1, -0.05) is 6.07 Å². The third-order valence-electron chi connectivity index (χ3n) is 2.87. The van der Waals surface area contributed by atoms with Gasteiger partial charge < -0.3 is 14.8 Å². The van der Waals surface area contributed by atoms with E-state index in [1.165, 1.54) is 6.07 Å². The van der Waals surface area contributed by atoms with E-state index in [9.17, 15) is 8.42 Å². The quantitative estimate of drug-likeness (QED) is 0.852. The first-order valence-corrected chi connectivity index (χ1v) is 8.33. The molecule has 0 bridgehead atoms. The highest BCUT2D eigenvalue weighted by atomic mass is 32.2. The van der Waals surface area contributed by atoms with Crippen molar-refractivity contribution in [2.24, 2.45) is 0 Å².